The second-order valence-electron chi connectivity index (χ2n) is 3.43. The van der Waals surface area contributed by atoms with Crippen molar-refractivity contribution in [1.82, 2.24) is 15.3 Å². The summed E-state index contributed by atoms with van der Waals surface area (Å²) in [7, 11) is 0. The van der Waals surface area contributed by atoms with E-state index in [1.54, 1.807) is 12.4 Å². The van der Waals surface area contributed by atoms with Gasteiger partial charge in [0.25, 0.3) is 0 Å². The van der Waals surface area contributed by atoms with E-state index in [0.717, 1.165) is 31.6 Å². The third-order valence-corrected chi connectivity index (χ3v) is 2.56. The van der Waals surface area contributed by atoms with Crippen molar-refractivity contribution in [2.24, 2.45) is 0 Å². The van der Waals surface area contributed by atoms with Crippen molar-refractivity contribution in [3.63, 3.8) is 0 Å². The predicted molar refractivity (Wildman–Crippen MR) is 51.6 cm³/mol. The summed E-state index contributed by atoms with van der Waals surface area (Å²) in [6.07, 6.45) is 5.34. The highest BCUT2D eigenvalue weighted by molar-refractivity contribution is 5.28. The quantitative estimate of drug-likeness (QED) is 0.708. The molecule has 0 amide bonds. The van der Waals surface area contributed by atoms with E-state index in [1.165, 1.54) is 0 Å². The molecule has 1 fully saturated rings. The molecule has 0 atom stereocenters. The highest BCUT2D eigenvalue weighted by Crippen LogP contribution is 2.24. The Balaban J connectivity index is 2.26. The van der Waals surface area contributed by atoms with E-state index < -0.39 is 0 Å². The highest BCUT2D eigenvalue weighted by Gasteiger charge is 2.19. The molecular formula is C10H12N4. The number of rotatable bonds is 1. The van der Waals surface area contributed by atoms with Gasteiger partial charge in [-0.3, -0.25) is 4.98 Å². The van der Waals surface area contributed by atoms with Crippen molar-refractivity contribution in [1.29, 1.82) is 5.26 Å². The van der Waals surface area contributed by atoms with Crippen LogP contribution in [0.5, 0.6) is 0 Å². The van der Waals surface area contributed by atoms with E-state index in [1.807, 2.05) is 0 Å². The molecule has 0 unspecified atom stereocenters. The van der Waals surface area contributed by atoms with Crippen LogP contribution in [0, 0.1) is 11.3 Å². The fourth-order valence-electron chi connectivity index (χ4n) is 1.83. The molecule has 4 nitrogen and oxygen atoms in total. The summed E-state index contributed by atoms with van der Waals surface area (Å²) in [5.41, 5.74) is 1.36. The molecule has 1 saturated heterocycles. The normalized spacial score (nSPS) is 17.6. The number of nitriles is 1. The minimum atomic E-state index is 0.402. The van der Waals surface area contributed by atoms with Crippen molar-refractivity contribution in [3.8, 4) is 6.07 Å². The Morgan fingerprint density at radius 3 is 2.71 bits per heavy atom. The molecular weight excluding hydrogens is 176 g/mol. The maximum absolute atomic E-state index is 8.88. The van der Waals surface area contributed by atoms with Crippen LogP contribution in [-0.4, -0.2) is 23.1 Å². The van der Waals surface area contributed by atoms with Gasteiger partial charge in [-0.1, -0.05) is 0 Å². The Morgan fingerprint density at radius 1 is 1.29 bits per heavy atom. The van der Waals surface area contributed by atoms with E-state index in [4.69, 9.17) is 5.26 Å². The van der Waals surface area contributed by atoms with E-state index in [2.05, 4.69) is 21.4 Å². The van der Waals surface area contributed by atoms with Crippen molar-refractivity contribution in [2.45, 2.75) is 18.8 Å². The molecule has 0 aliphatic carbocycles. The first-order valence-electron chi connectivity index (χ1n) is 4.83. The van der Waals surface area contributed by atoms with Crippen LogP contribution in [0.15, 0.2) is 12.4 Å². The van der Waals surface area contributed by atoms with Crippen LogP contribution in [0.3, 0.4) is 0 Å². The molecule has 72 valence electrons. The summed E-state index contributed by atoms with van der Waals surface area (Å²) in [5, 5.41) is 12.2. The summed E-state index contributed by atoms with van der Waals surface area (Å²) in [6.45, 7) is 2.01. The van der Waals surface area contributed by atoms with Gasteiger partial charge in [0, 0.05) is 18.3 Å². The number of hydrogen-bond donors (Lipinski definition) is 1. The minimum Gasteiger partial charge on any atom is -0.317 e. The van der Waals surface area contributed by atoms with Crippen molar-refractivity contribution in [3.05, 3.63) is 23.8 Å². The van der Waals surface area contributed by atoms with E-state index >= 15 is 0 Å². The molecule has 0 bridgehead atoms. The lowest BCUT2D eigenvalue weighted by Gasteiger charge is -2.22. The van der Waals surface area contributed by atoms with Crippen LogP contribution in [0.4, 0.5) is 0 Å². The van der Waals surface area contributed by atoms with Gasteiger partial charge in [-0.05, 0) is 25.9 Å². The van der Waals surface area contributed by atoms with E-state index in [-0.39, 0.29) is 0 Å². The van der Waals surface area contributed by atoms with Crippen LogP contribution < -0.4 is 5.32 Å². The molecule has 1 N–H and O–H groups in total. The maximum Gasteiger partial charge on any atom is 0.162 e. The van der Waals surface area contributed by atoms with Gasteiger partial charge in [0.05, 0.1) is 5.69 Å². The molecule has 2 heterocycles. The number of piperidine rings is 1. The number of nitrogens with one attached hydrogen (secondary N) is 1. The van der Waals surface area contributed by atoms with Gasteiger partial charge in [-0.25, -0.2) is 4.98 Å². The molecule has 0 aromatic carbocycles. The first-order valence-corrected chi connectivity index (χ1v) is 4.83. The predicted octanol–water partition coefficient (Wildman–Crippen LogP) is 0.815. The zero-order chi connectivity index (χ0) is 9.80. The lowest BCUT2D eigenvalue weighted by atomic mass is 9.93. The van der Waals surface area contributed by atoms with Crippen LogP contribution in [0.1, 0.15) is 30.1 Å². The Kier molecular flexibility index (Phi) is 2.70. The molecule has 1 aromatic rings. The van der Waals surface area contributed by atoms with Crippen LogP contribution >= 0.6 is 0 Å². The van der Waals surface area contributed by atoms with E-state index in [0.29, 0.717) is 11.6 Å². The average Bonchev–Trinajstić information content (AvgIpc) is 2.30. The topological polar surface area (TPSA) is 61.6 Å². The van der Waals surface area contributed by atoms with Gasteiger partial charge in [0.1, 0.15) is 6.07 Å². The summed E-state index contributed by atoms with van der Waals surface area (Å²) in [4.78, 5) is 8.29. The lowest BCUT2D eigenvalue weighted by Crippen LogP contribution is -2.27. The molecule has 0 spiro atoms. The molecule has 0 saturated carbocycles. The van der Waals surface area contributed by atoms with Gasteiger partial charge in [0.2, 0.25) is 0 Å². The standard InChI is InChI=1S/C10H12N4/c11-7-9-10(14-6-5-13-9)8-1-3-12-4-2-8/h5-6,8,12H,1-4H2. The molecule has 4 heteroatoms. The largest absolute Gasteiger partial charge is 0.317 e. The molecule has 14 heavy (non-hydrogen) atoms. The third kappa shape index (κ3) is 1.73. The van der Waals surface area contributed by atoms with Gasteiger partial charge in [-0.2, -0.15) is 5.26 Å². The molecule has 0 radical (unpaired) electrons. The maximum atomic E-state index is 8.88. The average molecular weight is 188 g/mol. The first-order chi connectivity index (χ1) is 6.92. The summed E-state index contributed by atoms with van der Waals surface area (Å²) < 4.78 is 0. The van der Waals surface area contributed by atoms with E-state index in [9.17, 15) is 0 Å². The van der Waals surface area contributed by atoms with Crippen molar-refractivity contribution < 1.29 is 0 Å². The third-order valence-electron chi connectivity index (χ3n) is 2.56. The number of nitrogens with zero attached hydrogens (tertiary/aromatic N) is 3. The minimum absolute atomic E-state index is 0.402. The Hall–Kier alpha value is -1.47. The van der Waals surface area contributed by atoms with Gasteiger partial charge in [-0.15, -0.1) is 0 Å². The Morgan fingerprint density at radius 2 is 2.00 bits per heavy atom. The fourth-order valence-corrected chi connectivity index (χ4v) is 1.83. The first kappa shape index (κ1) is 9.10. The van der Waals surface area contributed by atoms with Gasteiger partial charge >= 0.3 is 0 Å². The monoisotopic (exact) mass is 188 g/mol. The van der Waals surface area contributed by atoms with Crippen LogP contribution in [0.2, 0.25) is 0 Å². The summed E-state index contributed by atoms with van der Waals surface area (Å²) in [5.74, 6) is 0.402. The lowest BCUT2D eigenvalue weighted by molar-refractivity contribution is 0.451. The van der Waals surface area contributed by atoms with Crippen LogP contribution in [0.25, 0.3) is 0 Å². The molecule has 2 rings (SSSR count). The fraction of sp³-hybridized carbons (Fsp3) is 0.500. The summed E-state index contributed by atoms with van der Waals surface area (Å²) >= 11 is 0. The zero-order valence-electron chi connectivity index (χ0n) is 7.90. The second-order valence-corrected chi connectivity index (χ2v) is 3.43. The summed E-state index contributed by atoms with van der Waals surface area (Å²) in [6, 6.07) is 2.10. The van der Waals surface area contributed by atoms with Crippen molar-refractivity contribution >= 4 is 0 Å². The van der Waals surface area contributed by atoms with Crippen LogP contribution in [-0.2, 0) is 0 Å². The Bertz CT molecular complexity index is 349. The van der Waals surface area contributed by atoms with Crippen molar-refractivity contribution in [2.75, 3.05) is 13.1 Å². The number of aromatic nitrogens is 2. The Labute approximate surface area is 83.0 Å². The molecule has 1 aliphatic rings. The second kappa shape index (κ2) is 4.16. The number of hydrogen-bond acceptors (Lipinski definition) is 4. The van der Waals surface area contributed by atoms with Gasteiger partial charge < -0.3 is 5.32 Å². The SMILES string of the molecule is N#Cc1nccnc1C1CCNCC1. The molecule has 1 aromatic heterocycles. The molecule has 1 aliphatic heterocycles. The smallest absolute Gasteiger partial charge is 0.162 e. The highest BCUT2D eigenvalue weighted by atomic mass is 14.9. The zero-order valence-corrected chi connectivity index (χ0v) is 7.90. The van der Waals surface area contributed by atoms with Gasteiger partial charge in [0.15, 0.2) is 5.69 Å².